The fourth-order valence-electron chi connectivity index (χ4n) is 2.46. The van der Waals surface area contributed by atoms with Crippen LogP contribution in [0.5, 0.6) is 0 Å². The van der Waals surface area contributed by atoms with Gasteiger partial charge in [0.2, 0.25) is 15.9 Å². The van der Waals surface area contributed by atoms with E-state index < -0.39 is 15.8 Å². The molecule has 1 heterocycles. The van der Waals surface area contributed by atoms with E-state index in [1.807, 2.05) is 0 Å². The van der Waals surface area contributed by atoms with Gasteiger partial charge in [-0.25, -0.2) is 12.8 Å². The van der Waals surface area contributed by atoms with Gasteiger partial charge >= 0.3 is 0 Å². The zero-order chi connectivity index (χ0) is 16.2. The second-order valence-corrected chi connectivity index (χ2v) is 7.28. The highest BCUT2D eigenvalue weighted by Gasteiger charge is 2.30. The lowest BCUT2D eigenvalue weighted by Crippen LogP contribution is -3.15. The van der Waals surface area contributed by atoms with E-state index in [9.17, 15) is 17.6 Å². The third-order valence-electron chi connectivity index (χ3n) is 3.73. The van der Waals surface area contributed by atoms with Crippen LogP contribution in [0.3, 0.4) is 0 Å². The maximum atomic E-state index is 12.9. The van der Waals surface area contributed by atoms with Crippen LogP contribution >= 0.6 is 0 Å². The molecule has 0 atom stereocenters. The van der Waals surface area contributed by atoms with Crippen LogP contribution in [0.4, 0.5) is 4.39 Å². The maximum absolute atomic E-state index is 12.9. The highest BCUT2D eigenvalue weighted by Crippen LogP contribution is 2.15. The number of benzene rings is 1. The molecule has 0 aliphatic carbocycles. The van der Waals surface area contributed by atoms with Gasteiger partial charge in [0.05, 0.1) is 44.2 Å². The molecule has 8 heteroatoms. The van der Waals surface area contributed by atoms with Gasteiger partial charge < -0.3 is 10.2 Å². The number of rotatable bonds is 5. The number of nitrogens with zero attached hydrogens (tertiary/aromatic N) is 1. The molecule has 6 nitrogen and oxygen atoms in total. The first-order valence-corrected chi connectivity index (χ1v) is 8.67. The number of amides is 1. The summed E-state index contributed by atoms with van der Waals surface area (Å²) in [5.41, 5.74) is 0. The number of halogens is 1. The van der Waals surface area contributed by atoms with Crippen molar-refractivity contribution >= 4 is 15.9 Å². The van der Waals surface area contributed by atoms with Crippen molar-refractivity contribution in [3.63, 3.8) is 0 Å². The van der Waals surface area contributed by atoms with E-state index in [1.54, 1.807) is 0 Å². The molecule has 1 aromatic rings. The van der Waals surface area contributed by atoms with E-state index in [0.29, 0.717) is 32.7 Å². The van der Waals surface area contributed by atoms with Crippen LogP contribution in [-0.2, 0) is 14.8 Å². The Balaban J connectivity index is 1.90. The molecule has 0 bridgehead atoms. The van der Waals surface area contributed by atoms with Gasteiger partial charge in [0, 0.05) is 6.92 Å². The van der Waals surface area contributed by atoms with E-state index in [1.165, 1.54) is 28.3 Å². The molecule has 22 heavy (non-hydrogen) atoms. The topological polar surface area (TPSA) is 70.9 Å². The van der Waals surface area contributed by atoms with Crippen molar-refractivity contribution < 1.29 is 22.5 Å². The summed E-state index contributed by atoms with van der Waals surface area (Å²) in [4.78, 5) is 12.2. The Hall–Kier alpha value is -1.51. The lowest BCUT2D eigenvalue weighted by Gasteiger charge is -2.31. The van der Waals surface area contributed by atoms with Gasteiger partial charge in [-0.3, -0.25) is 4.79 Å². The molecule has 1 aliphatic rings. The molecule has 0 spiro atoms. The smallest absolute Gasteiger partial charge is 0.243 e. The van der Waals surface area contributed by atoms with Crippen LogP contribution in [0.25, 0.3) is 0 Å². The molecule has 122 valence electrons. The Bertz CT molecular complexity index is 611. The van der Waals surface area contributed by atoms with Crippen molar-refractivity contribution in [2.75, 3.05) is 39.3 Å². The normalized spacial score (nSPS) is 17.4. The van der Waals surface area contributed by atoms with Gasteiger partial charge in [0.1, 0.15) is 5.82 Å². The Morgan fingerprint density at radius 3 is 2.41 bits per heavy atom. The van der Waals surface area contributed by atoms with E-state index in [-0.39, 0.29) is 10.8 Å². The van der Waals surface area contributed by atoms with Crippen LogP contribution in [0.2, 0.25) is 0 Å². The van der Waals surface area contributed by atoms with Crippen LogP contribution in [0.15, 0.2) is 29.2 Å². The average molecular weight is 330 g/mol. The van der Waals surface area contributed by atoms with E-state index in [4.69, 9.17) is 0 Å². The van der Waals surface area contributed by atoms with Crippen LogP contribution in [0, 0.1) is 5.82 Å². The van der Waals surface area contributed by atoms with E-state index in [2.05, 4.69) is 5.32 Å². The number of piperazine rings is 1. The minimum absolute atomic E-state index is 0.0584. The third kappa shape index (κ3) is 4.25. The van der Waals surface area contributed by atoms with E-state index >= 15 is 0 Å². The first kappa shape index (κ1) is 16.9. The van der Waals surface area contributed by atoms with Gasteiger partial charge in [-0.1, -0.05) is 0 Å². The molecule has 2 N–H and O–H groups in total. The highest BCUT2D eigenvalue weighted by atomic mass is 32.2. The van der Waals surface area contributed by atoms with Gasteiger partial charge in [-0.15, -0.1) is 0 Å². The number of nitrogens with one attached hydrogen (secondary N) is 2. The van der Waals surface area contributed by atoms with Crippen LogP contribution in [-0.4, -0.2) is 57.9 Å². The molecule has 0 saturated carbocycles. The summed E-state index contributed by atoms with van der Waals surface area (Å²) in [7, 11) is -3.55. The second kappa shape index (κ2) is 7.17. The van der Waals surface area contributed by atoms with Gasteiger partial charge in [-0.2, -0.15) is 4.31 Å². The lowest BCUT2D eigenvalue weighted by atomic mass is 10.3. The Kier molecular flexibility index (Phi) is 5.49. The molecule has 0 radical (unpaired) electrons. The third-order valence-corrected chi connectivity index (χ3v) is 5.65. The standard InChI is InChI=1S/C14H20FN3O3S/c1-12(19)16-6-7-17-8-10-18(11-9-17)22(20,21)14-4-2-13(15)3-5-14/h2-5H,6-11H2,1H3,(H,16,19)/p+1. The van der Waals surface area contributed by atoms with Crippen molar-refractivity contribution in [1.29, 1.82) is 0 Å². The Morgan fingerprint density at radius 1 is 1.27 bits per heavy atom. The van der Waals surface area contributed by atoms with Crippen molar-refractivity contribution in [2.24, 2.45) is 0 Å². The van der Waals surface area contributed by atoms with Crippen LogP contribution in [0.1, 0.15) is 6.92 Å². The molecule has 1 fully saturated rings. The molecular weight excluding hydrogens is 309 g/mol. The molecule has 0 aromatic heterocycles. The van der Waals surface area contributed by atoms with Crippen molar-refractivity contribution in [1.82, 2.24) is 9.62 Å². The average Bonchev–Trinajstić information content (AvgIpc) is 2.48. The molecule has 1 amide bonds. The van der Waals surface area contributed by atoms with Crippen molar-refractivity contribution in [3.05, 3.63) is 30.1 Å². The predicted octanol–water partition coefficient (Wildman–Crippen LogP) is -1.15. The number of carbonyl (C=O) groups is 1. The zero-order valence-electron chi connectivity index (χ0n) is 12.5. The maximum Gasteiger partial charge on any atom is 0.243 e. The molecule has 1 saturated heterocycles. The van der Waals surface area contributed by atoms with E-state index in [0.717, 1.165) is 18.7 Å². The largest absolute Gasteiger partial charge is 0.351 e. The number of sulfonamides is 1. The van der Waals surface area contributed by atoms with Crippen LogP contribution < -0.4 is 10.2 Å². The fraction of sp³-hybridized carbons (Fsp3) is 0.500. The van der Waals surface area contributed by atoms with Gasteiger partial charge in [-0.05, 0) is 24.3 Å². The Morgan fingerprint density at radius 2 is 1.86 bits per heavy atom. The summed E-state index contributed by atoms with van der Waals surface area (Å²) in [6.45, 7) is 5.09. The monoisotopic (exact) mass is 330 g/mol. The Labute approximate surface area is 130 Å². The minimum atomic E-state index is -3.55. The van der Waals surface area contributed by atoms with Gasteiger partial charge in [0.25, 0.3) is 0 Å². The quantitative estimate of drug-likeness (QED) is 0.716. The number of carbonyl (C=O) groups excluding carboxylic acids is 1. The summed E-state index contributed by atoms with van der Waals surface area (Å²) in [5.74, 6) is -0.511. The number of hydrogen-bond donors (Lipinski definition) is 2. The number of quaternary nitrogens is 1. The molecular formula is C14H21FN3O3S+. The molecule has 0 unspecified atom stereocenters. The molecule has 2 rings (SSSR count). The summed E-state index contributed by atoms with van der Waals surface area (Å²) in [5, 5.41) is 2.74. The minimum Gasteiger partial charge on any atom is -0.351 e. The first-order chi connectivity index (χ1) is 10.4. The summed E-state index contributed by atoms with van der Waals surface area (Å²) < 4.78 is 39.2. The molecule has 1 aliphatic heterocycles. The zero-order valence-corrected chi connectivity index (χ0v) is 13.3. The summed E-state index contributed by atoms with van der Waals surface area (Å²) in [6.07, 6.45) is 0. The predicted molar refractivity (Wildman–Crippen MR) is 79.4 cm³/mol. The second-order valence-electron chi connectivity index (χ2n) is 5.34. The lowest BCUT2D eigenvalue weighted by molar-refractivity contribution is -0.902. The fourth-order valence-corrected chi connectivity index (χ4v) is 3.91. The SMILES string of the molecule is CC(=O)NCC[NH+]1CCN(S(=O)(=O)c2ccc(F)cc2)CC1. The van der Waals surface area contributed by atoms with Crippen molar-refractivity contribution in [2.45, 2.75) is 11.8 Å². The molecule has 1 aromatic carbocycles. The first-order valence-electron chi connectivity index (χ1n) is 7.23. The number of hydrogen-bond acceptors (Lipinski definition) is 3. The van der Waals surface area contributed by atoms with Gasteiger partial charge in [0.15, 0.2) is 0 Å². The highest BCUT2D eigenvalue weighted by molar-refractivity contribution is 7.89. The summed E-state index contributed by atoms with van der Waals surface area (Å²) in [6, 6.07) is 4.89. The summed E-state index contributed by atoms with van der Waals surface area (Å²) >= 11 is 0. The van der Waals surface area contributed by atoms with Crippen molar-refractivity contribution in [3.8, 4) is 0 Å².